The van der Waals surface area contributed by atoms with Crippen LogP contribution in [0.25, 0.3) is 0 Å². The Kier molecular flexibility index (Phi) is 4.59. The maximum absolute atomic E-state index is 13.4. The smallest absolute Gasteiger partial charge is 0.326 e. The van der Waals surface area contributed by atoms with Crippen molar-refractivity contribution in [2.24, 2.45) is 0 Å². The van der Waals surface area contributed by atoms with Gasteiger partial charge in [-0.05, 0) is 25.0 Å². The number of carboxylic acid groups (broad SMARTS) is 1. The van der Waals surface area contributed by atoms with Crippen molar-refractivity contribution in [2.75, 3.05) is 12.3 Å². The number of aliphatic carboxylic acids is 1. The van der Waals surface area contributed by atoms with E-state index in [2.05, 4.69) is 0 Å². The molecule has 4 nitrogen and oxygen atoms in total. The van der Waals surface area contributed by atoms with Gasteiger partial charge in [-0.2, -0.15) is 0 Å². The second-order valence-corrected chi connectivity index (χ2v) is 5.46. The van der Waals surface area contributed by atoms with E-state index in [0.29, 0.717) is 19.4 Å². The Hall–Kier alpha value is -1.63. The number of rotatable bonds is 4. The van der Waals surface area contributed by atoms with Crippen LogP contribution < -0.4 is 0 Å². The highest BCUT2D eigenvalue weighted by molar-refractivity contribution is 8.00. The lowest BCUT2D eigenvalue weighted by atomic mass is 10.2. The van der Waals surface area contributed by atoms with Gasteiger partial charge < -0.3 is 10.0 Å². The molecule has 1 saturated heterocycles. The molecule has 1 fully saturated rings. The number of carbonyl (C=O) groups excluding carboxylic acids is 1. The number of thioether (sulfide) groups is 1. The molecule has 1 atom stereocenters. The molecule has 1 aromatic carbocycles. The van der Waals surface area contributed by atoms with Gasteiger partial charge in [0.1, 0.15) is 17.7 Å². The highest BCUT2D eigenvalue weighted by Crippen LogP contribution is 2.24. The van der Waals surface area contributed by atoms with Crippen LogP contribution in [0.4, 0.5) is 8.78 Å². The summed E-state index contributed by atoms with van der Waals surface area (Å²) in [7, 11) is 0. The standard InChI is InChI=1S/C13H13F2NO3S/c14-8-3-4-11(9(15)6-8)20-7-12(17)16-5-1-2-10(16)13(18)19/h3-4,6,10H,1-2,5,7H2,(H,18,19)/t10-/m0/s1. The van der Waals surface area contributed by atoms with E-state index in [9.17, 15) is 18.4 Å². The van der Waals surface area contributed by atoms with Crippen LogP contribution in [0.5, 0.6) is 0 Å². The minimum Gasteiger partial charge on any atom is -0.480 e. The number of nitrogens with zero attached hydrogens (tertiary/aromatic N) is 1. The molecule has 0 aliphatic carbocycles. The summed E-state index contributed by atoms with van der Waals surface area (Å²) < 4.78 is 26.1. The monoisotopic (exact) mass is 301 g/mol. The first-order chi connectivity index (χ1) is 9.49. The van der Waals surface area contributed by atoms with Crippen LogP contribution in [-0.4, -0.2) is 40.2 Å². The lowest BCUT2D eigenvalue weighted by molar-refractivity contribution is -0.147. The highest BCUT2D eigenvalue weighted by atomic mass is 32.2. The number of halogens is 2. The minimum absolute atomic E-state index is 0.0632. The number of benzene rings is 1. The fourth-order valence-electron chi connectivity index (χ4n) is 2.14. The Morgan fingerprint density at radius 3 is 2.80 bits per heavy atom. The van der Waals surface area contributed by atoms with Gasteiger partial charge in [-0.1, -0.05) is 0 Å². The summed E-state index contributed by atoms with van der Waals surface area (Å²) in [5.74, 6) is -2.83. The van der Waals surface area contributed by atoms with Crippen molar-refractivity contribution in [1.29, 1.82) is 0 Å². The molecule has 1 heterocycles. The first-order valence-corrected chi connectivity index (χ1v) is 7.07. The van der Waals surface area contributed by atoms with Crippen LogP contribution in [-0.2, 0) is 9.59 Å². The van der Waals surface area contributed by atoms with Crippen LogP contribution in [0.1, 0.15) is 12.8 Å². The van der Waals surface area contributed by atoms with Gasteiger partial charge in [-0.25, -0.2) is 13.6 Å². The van der Waals surface area contributed by atoms with Gasteiger partial charge in [0, 0.05) is 17.5 Å². The predicted octanol–water partition coefficient (Wildman–Crippen LogP) is 2.13. The third-order valence-electron chi connectivity index (χ3n) is 3.10. The molecule has 2 rings (SSSR count). The average Bonchev–Trinajstić information content (AvgIpc) is 2.86. The van der Waals surface area contributed by atoms with Crippen LogP contribution >= 0.6 is 11.8 Å². The maximum atomic E-state index is 13.4. The molecule has 108 valence electrons. The van der Waals surface area contributed by atoms with Gasteiger partial charge in [-0.3, -0.25) is 4.79 Å². The van der Waals surface area contributed by atoms with Crippen molar-refractivity contribution in [3.63, 3.8) is 0 Å². The van der Waals surface area contributed by atoms with Gasteiger partial charge in [-0.15, -0.1) is 11.8 Å². The zero-order valence-electron chi connectivity index (χ0n) is 10.5. The van der Waals surface area contributed by atoms with Gasteiger partial charge in [0.05, 0.1) is 5.75 Å². The van der Waals surface area contributed by atoms with Crippen LogP contribution in [0.2, 0.25) is 0 Å². The predicted molar refractivity (Wildman–Crippen MR) is 69.5 cm³/mol. The largest absolute Gasteiger partial charge is 0.480 e. The van der Waals surface area contributed by atoms with Crippen molar-refractivity contribution in [1.82, 2.24) is 4.90 Å². The highest BCUT2D eigenvalue weighted by Gasteiger charge is 2.33. The summed E-state index contributed by atoms with van der Waals surface area (Å²) in [6, 6.07) is 2.34. The Labute approximate surface area is 118 Å². The molecule has 20 heavy (non-hydrogen) atoms. The molecular formula is C13H13F2NO3S. The van der Waals surface area contributed by atoms with Gasteiger partial charge in [0.2, 0.25) is 5.91 Å². The molecule has 0 saturated carbocycles. The Balaban J connectivity index is 1.96. The molecule has 0 spiro atoms. The summed E-state index contributed by atoms with van der Waals surface area (Å²) in [6.07, 6.45) is 1.09. The van der Waals surface area contributed by atoms with Crippen molar-refractivity contribution in [2.45, 2.75) is 23.8 Å². The van der Waals surface area contributed by atoms with Crippen LogP contribution in [0, 0.1) is 11.6 Å². The number of likely N-dealkylation sites (tertiary alicyclic amines) is 1. The molecule has 1 aliphatic heterocycles. The summed E-state index contributed by atoms with van der Waals surface area (Å²) in [5.41, 5.74) is 0. The lowest BCUT2D eigenvalue weighted by Crippen LogP contribution is -2.41. The molecule has 1 aliphatic rings. The molecule has 0 bridgehead atoms. The Morgan fingerprint density at radius 2 is 2.15 bits per heavy atom. The quantitative estimate of drug-likeness (QED) is 0.866. The second kappa shape index (κ2) is 6.21. The van der Waals surface area contributed by atoms with E-state index in [1.54, 1.807) is 0 Å². The molecule has 0 radical (unpaired) electrons. The first-order valence-electron chi connectivity index (χ1n) is 6.09. The molecule has 1 aromatic rings. The lowest BCUT2D eigenvalue weighted by Gasteiger charge is -2.21. The third kappa shape index (κ3) is 3.27. The van der Waals surface area contributed by atoms with Crippen molar-refractivity contribution >= 4 is 23.6 Å². The van der Waals surface area contributed by atoms with E-state index >= 15 is 0 Å². The number of amides is 1. The minimum atomic E-state index is -1.02. The molecule has 0 aromatic heterocycles. The topological polar surface area (TPSA) is 57.6 Å². The molecule has 0 unspecified atom stereocenters. The SMILES string of the molecule is O=C(O)[C@@H]1CCCN1C(=O)CSc1ccc(F)cc1F. The van der Waals surface area contributed by atoms with Crippen molar-refractivity contribution < 1.29 is 23.5 Å². The summed E-state index contributed by atoms with van der Waals surface area (Å²) in [6.45, 7) is 0.405. The summed E-state index contributed by atoms with van der Waals surface area (Å²) in [4.78, 5) is 24.4. The molecule has 1 amide bonds. The molecule has 7 heteroatoms. The third-order valence-corrected chi connectivity index (χ3v) is 4.14. The van der Waals surface area contributed by atoms with Crippen LogP contribution in [0.15, 0.2) is 23.1 Å². The van der Waals surface area contributed by atoms with Crippen LogP contribution in [0.3, 0.4) is 0 Å². The maximum Gasteiger partial charge on any atom is 0.326 e. The fraction of sp³-hybridized carbons (Fsp3) is 0.385. The zero-order chi connectivity index (χ0) is 14.7. The first kappa shape index (κ1) is 14.8. The number of hydrogen-bond donors (Lipinski definition) is 1. The molecule has 1 N–H and O–H groups in total. The van der Waals surface area contributed by atoms with E-state index in [4.69, 9.17) is 5.11 Å². The second-order valence-electron chi connectivity index (χ2n) is 4.45. The zero-order valence-corrected chi connectivity index (χ0v) is 11.3. The summed E-state index contributed by atoms with van der Waals surface area (Å²) in [5, 5.41) is 8.99. The van der Waals surface area contributed by atoms with E-state index < -0.39 is 23.6 Å². The van der Waals surface area contributed by atoms with Crippen molar-refractivity contribution in [3.8, 4) is 0 Å². The van der Waals surface area contributed by atoms with E-state index in [-0.39, 0.29) is 16.6 Å². The van der Waals surface area contributed by atoms with E-state index in [1.807, 2.05) is 0 Å². The summed E-state index contributed by atoms with van der Waals surface area (Å²) >= 11 is 0.939. The number of hydrogen-bond acceptors (Lipinski definition) is 3. The number of carboxylic acids is 1. The number of carbonyl (C=O) groups is 2. The normalized spacial score (nSPS) is 18.3. The molecular weight excluding hydrogens is 288 g/mol. The fourth-order valence-corrected chi connectivity index (χ4v) is 2.94. The van der Waals surface area contributed by atoms with Gasteiger partial charge in [0.25, 0.3) is 0 Å². The average molecular weight is 301 g/mol. The van der Waals surface area contributed by atoms with Gasteiger partial charge >= 0.3 is 5.97 Å². The van der Waals surface area contributed by atoms with Crippen molar-refractivity contribution in [3.05, 3.63) is 29.8 Å². The van der Waals surface area contributed by atoms with Gasteiger partial charge in [0.15, 0.2) is 0 Å². The van der Waals surface area contributed by atoms with E-state index in [0.717, 1.165) is 23.9 Å². The Bertz CT molecular complexity index is 538. The Morgan fingerprint density at radius 1 is 1.40 bits per heavy atom. The van der Waals surface area contributed by atoms with E-state index in [1.165, 1.54) is 11.0 Å².